The van der Waals surface area contributed by atoms with E-state index in [2.05, 4.69) is 36.1 Å². The van der Waals surface area contributed by atoms with Crippen LogP contribution in [0.15, 0.2) is 22.6 Å². The summed E-state index contributed by atoms with van der Waals surface area (Å²) in [5, 5.41) is 0. The number of aryl methyl sites for hydroxylation is 1. The number of hydrogen-bond donors (Lipinski definition) is 0. The molecule has 2 rings (SSSR count). The molecule has 14 heavy (non-hydrogen) atoms. The molecule has 0 aliphatic rings. The van der Waals surface area contributed by atoms with Gasteiger partial charge in [0.1, 0.15) is 5.52 Å². The van der Waals surface area contributed by atoms with Crippen molar-refractivity contribution in [2.75, 3.05) is 14.1 Å². The molecule has 0 unspecified atom stereocenters. The Kier molecular flexibility index (Phi) is 2.25. The zero-order valence-corrected chi connectivity index (χ0v) is 8.74. The predicted octanol–water partition coefficient (Wildman–Crippen LogP) is 2.20. The van der Waals surface area contributed by atoms with Crippen molar-refractivity contribution in [3.63, 3.8) is 0 Å². The van der Waals surface area contributed by atoms with E-state index in [9.17, 15) is 0 Å². The molecular formula is C11H14N2O. The average molecular weight is 190 g/mol. The zero-order valence-electron chi connectivity index (χ0n) is 8.74. The van der Waals surface area contributed by atoms with Crippen molar-refractivity contribution in [1.82, 2.24) is 9.88 Å². The zero-order chi connectivity index (χ0) is 10.1. The summed E-state index contributed by atoms with van der Waals surface area (Å²) in [6.07, 6.45) is 0. The summed E-state index contributed by atoms with van der Waals surface area (Å²) < 4.78 is 5.40. The highest BCUT2D eigenvalue weighted by molar-refractivity contribution is 5.73. The van der Waals surface area contributed by atoms with Crippen molar-refractivity contribution in [1.29, 1.82) is 0 Å². The number of fused-ring (bicyclic) bond motifs is 1. The second-order valence-corrected chi connectivity index (χ2v) is 3.77. The lowest BCUT2D eigenvalue weighted by Crippen LogP contribution is -2.10. The van der Waals surface area contributed by atoms with Crippen LogP contribution in [0.3, 0.4) is 0 Å². The van der Waals surface area contributed by atoms with E-state index in [1.54, 1.807) is 0 Å². The third-order valence-electron chi connectivity index (χ3n) is 2.06. The fraction of sp³-hybridized carbons (Fsp3) is 0.364. The molecule has 0 spiro atoms. The van der Waals surface area contributed by atoms with Gasteiger partial charge in [-0.1, -0.05) is 6.07 Å². The summed E-state index contributed by atoms with van der Waals surface area (Å²) in [7, 11) is 4.11. The predicted molar refractivity (Wildman–Crippen MR) is 56.1 cm³/mol. The van der Waals surface area contributed by atoms with Crippen molar-refractivity contribution in [2.24, 2.45) is 0 Å². The molecule has 1 aromatic heterocycles. The van der Waals surface area contributed by atoms with E-state index in [0.29, 0.717) is 0 Å². The number of benzene rings is 1. The first kappa shape index (κ1) is 9.21. The van der Waals surface area contributed by atoms with Crippen LogP contribution < -0.4 is 0 Å². The maximum absolute atomic E-state index is 5.40. The van der Waals surface area contributed by atoms with Gasteiger partial charge in [-0.15, -0.1) is 0 Å². The number of aromatic nitrogens is 1. The fourth-order valence-electron chi connectivity index (χ4n) is 1.55. The van der Waals surface area contributed by atoms with Crippen molar-refractivity contribution in [3.8, 4) is 0 Å². The van der Waals surface area contributed by atoms with Crippen molar-refractivity contribution in [3.05, 3.63) is 29.7 Å². The molecule has 3 nitrogen and oxygen atoms in total. The lowest BCUT2D eigenvalue weighted by molar-refractivity contribution is 0.402. The third kappa shape index (κ3) is 1.77. The van der Waals surface area contributed by atoms with Crippen LogP contribution in [0.4, 0.5) is 0 Å². The number of rotatable bonds is 2. The average Bonchev–Trinajstić information content (AvgIpc) is 2.42. The first-order valence-electron chi connectivity index (χ1n) is 4.66. The molecule has 0 amide bonds. The van der Waals surface area contributed by atoms with E-state index >= 15 is 0 Å². The van der Waals surface area contributed by atoms with Crippen LogP contribution in [-0.2, 0) is 6.54 Å². The standard InChI is InChI=1S/C11H14N2O/c1-8-12-10-6-9(7-13(2)3)4-5-11(10)14-8/h4-6H,7H2,1-3H3. The highest BCUT2D eigenvalue weighted by Crippen LogP contribution is 2.17. The smallest absolute Gasteiger partial charge is 0.192 e. The molecule has 1 heterocycles. The van der Waals surface area contributed by atoms with Gasteiger partial charge in [0.25, 0.3) is 0 Å². The normalized spacial score (nSPS) is 11.4. The minimum absolute atomic E-state index is 0.724. The Bertz CT molecular complexity index is 445. The summed E-state index contributed by atoms with van der Waals surface area (Å²) >= 11 is 0. The van der Waals surface area contributed by atoms with Gasteiger partial charge in [-0.2, -0.15) is 0 Å². The third-order valence-corrected chi connectivity index (χ3v) is 2.06. The van der Waals surface area contributed by atoms with E-state index < -0.39 is 0 Å². The SMILES string of the molecule is Cc1nc2cc(CN(C)C)ccc2o1. The van der Waals surface area contributed by atoms with Gasteiger partial charge in [0.2, 0.25) is 0 Å². The van der Waals surface area contributed by atoms with Gasteiger partial charge >= 0.3 is 0 Å². The van der Waals surface area contributed by atoms with Crippen LogP contribution in [0.2, 0.25) is 0 Å². The Morgan fingerprint density at radius 3 is 2.86 bits per heavy atom. The molecule has 0 bridgehead atoms. The van der Waals surface area contributed by atoms with Gasteiger partial charge in [-0.25, -0.2) is 4.98 Å². The molecule has 0 N–H and O–H groups in total. The van der Waals surface area contributed by atoms with Crippen LogP contribution in [-0.4, -0.2) is 24.0 Å². The summed E-state index contributed by atoms with van der Waals surface area (Å²) in [6.45, 7) is 2.80. The minimum Gasteiger partial charge on any atom is -0.441 e. The maximum atomic E-state index is 5.40. The number of hydrogen-bond acceptors (Lipinski definition) is 3. The van der Waals surface area contributed by atoms with Crippen molar-refractivity contribution in [2.45, 2.75) is 13.5 Å². The van der Waals surface area contributed by atoms with E-state index in [1.807, 2.05) is 13.0 Å². The highest BCUT2D eigenvalue weighted by Gasteiger charge is 2.03. The first-order chi connectivity index (χ1) is 6.65. The Labute approximate surface area is 83.3 Å². The molecule has 0 radical (unpaired) electrons. The monoisotopic (exact) mass is 190 g/mol. The lowest BCUT2D eigenvalue weighted by atomic mass is 10.2. The molecule has 0 fully saturated rings. The first-order valence-corrected chi connectivity index (χ1v) is 4.66. The van der Waals surface area contributed by atoms with Gasteiger partial charge in [-0.05, 0) is 31.8 Å². The molecular weight excluding hydrogens is 176 g/mol. The minimum atomic E-state index is 0.724. The fourth-order valence-corrected chi connectivity index (χ4v) is 1.55. The molecule has 0 aliphatic carbocycles. The molecule has 1 aromatic carbocycles. The van der Waals surface area contributed by atoms with Gasteiger partial charge in [0.05, 0.1) is 0 Å². The second kappa shape index (κ2) is 3.42. The summed E-state index contributed by atoms with van der Waals surface area (Å²) in [4.78, 5) is 6.43. The van der Waals surface area contributed by atoms with Gasteiger partial charge in [0.15, 0.2) is 11.5 Å². The van der Waals surface area contributed by atoms with Gasteiger partial charge in [0, 0.05) is 13.5 Å². The van der Waals surface area contributed by atoms with Crippen LogP contribution >= 0.6 is 0 Å². The van der Waals surface area contributed by atoms with Gasteiger partial charge in [-0.3, -0.25) is 0 Å². The van der Waals surface area contributed by atoms with Crippen LogP contribution in [0, 0.1) is 6.92 Å². The Balaban J connectivity index is 2.40. The topological polar surface area (TPSA) is 29.3 Å². The Morgan fingerprint density at radius 2 is 2.14 bits per heavy atom. The van der Waals surface area contributed by atoms with Crippen LogP contribution in [0.25, 0.3) is 11.1 Å². The van der Waals surface area contributed by atoms with Crippen molar-refractivity contribution >= 4 is 11.1 Å². The summed E-state index contributed by atoms with van der Waals surface area (Å²) in [5.74, 6) is 0.724. The van der Waals surface area contributed by atoms with E-state index in [1.165, 1.54) is 5.56 Å². The quantitative estimate of drug-likeness (QED) is 0.727. The van der Waals surface area contributed by atoms with E-state index in [4.69, 9.17) is 4.42 Å². The molecule has 0 atom stereocenters. The lowest BCUT2D eigenvalue weighted by Gasteiger charge is -2.08. The van der Waals surface area contributed by atoms with Gasteiger partial charge < -0.3 is 9.32 Å². The Hall–Kier alpha value is -1.35. The molecule has 0 aliphatic heterocycles. The Morgan fingerprint density at radius 1 is 1.36 bits per heavy atom. The molecule has 0 saturated carbocycles. The van der Waals surface area contributed by atoms with Crippen LogP contribution in [0.1, 0.15) is 11.5 Å². The maximum Gasteiger partial charge on any atom is 0.192 e. The van der Waals surface area contributed by atoms with E-state index in [0.717, 1.165) is 23.5 Å². The molecule has 74 valence electrons. The second-order valence-electron chi connectivity index (χ2n) is 3.77. The number of oxazole rings is 1. The van der Waals surface area contributed by atoms with Crippen molar-refractivity contribution < 1.29 is 4.42 Å². The largest absolute Gasteiger partial charge is 0.441 e. The molecule has 3 heteroatoms. The molecule has 2 aromatic rings. The summed E-state index contributed by atoms with van der Waals surface area (Å²) in [6, 6.07) is 6.13. The van der Waals surface area contributed by atoms with Crippen LogP contribution in [0.5, 0.6) is 0 Å². The highest BCUT2D eigenvalue weighted by atomic mass is 16.3. The van der Waals surface area contributed by atoms with E-state index in [-0.39, 0.29) is 0 Å². The molecule has 0 saturated heterocycles. The number of nitrogens with zero attached hydrogens (tertiary/aromatic N) is 2. The summed E-state index contributed by atoms with van der Waals surface area (Å²) in [5.41, 5.74) is 3.07.